The van der Waals surface area contributed by atoms with Crippen LogP contribution in [0.1, 0.15) is 17.7 Å². The number of methoxy groups -OCH3 is 1. The van der Waals surface area contributed by atoms with E-state index in [4.69, 9.17) is 32.2 Å². The smallest absolute Gasteiger partial charge is 0.251 e. The minimum Gasteiger partial charge on any atom is -0.387 e. The molecule has 0 aliphatic heterocycles. The van der Waals surface area contributed by atoms with Gasteiger partial charge in [0.15, 0.2) is 0 Å². The van der Waals surface area contributed by atoms with E-state index in [2.05, 4.69) is 15.0 Å². The number of ether oxygens (including phenoxy) is 1. The predicted octanol–water partition coefficient (Wildman–Crippen LogP) is 3.39. The molecule has 0 bridgehead atoms. The van der Waals surface area contributed by atoms with Crippen molar-refractivity contribution in [3.05, 3.63) is 46.7 Å². The van der Waals surface area contributed by atoms with E-state index in [0.29, 0.717) is 36.4 Å². The van der Waals surface area contributed by atoms with Gasteiger partial charge in [0, 0.05) is 49.1 Å². The van der Waals surface area contributed by atoms with Crippen LogP contribution < -0.4 is 5.73 Å². The van der Waals surface area contributed by atoms with E-state index in [1.165, 1.54) is 0 Å². The third-order valence-electron chi connectivity index (χ3n) is 5.05. The monoisotopic (exact) mass is 437 g/mol. The molecule has 2 heterocycles. The van der Waals surface area contributed by atoms with Crippen LogP contribution in [0.5, 0.6) is 0 Å². The summed E-state index contributed by atoms with van der Waals surface area (Å²) in [6.45, 7) is 1.17. The minimum absolute atomic E-state index is 0.334. The summed E-state index contributed by atoms with van der Waals surface area (Å²) in [6.07, 6.45) is 5.68. The maximum atomic E-state index is 6.08. The number of amidine groups is 1. The lowest BCUT2D eigenvalue weighted by Gasteiger charge is -2.16. The molecule has 160 valence electrons. The Hall–Kier alpha value is -3.10. The quantitative estimate of drug-likeness (QED) is 0.346. The number of hydrogen-bond donors (Lipinski definition) is 1. The Bertz CT molecular complexity index is 1140. The first kappa shape index (κ1) is 21.1. The SMILES string of the molecule is COCCN=CCC(N)=Nc1ncc2c(n1)-c1c(nn(C)c1-c1ccc(Cl)cc1)CC2. The van der Waals surface area contributed by atoms with Gasteiger partial charge in [0.25, 0.3) is 5.95 Å². The second kappa shape index (κ2) is 9.36. The van der Waals surface area contributed by atoms with Crippen LogP contribution in [0.2, 0.25) is 5.02 Å². The Balaban J connectivity index is 1.68. The molecular weight excluding hydrogens is 414 g/mol. The first-order valence-corrected chi connectivity index (χ1v) is 10.4. The Morgan fingerprint density at radius 2 is 2.10 bits per heavy atom. The van der Waals surface area contributed by atoms with Crippen LogP contribution in [0.15, 0.2) is 40.4 Å². The van der Waals surface area contributed by atoms with Crippen LogP contribution >= 0.6 is 11.6 Å². The number of nitrogens with zero attached hydrogens (tertiary/aromatic N) is 6. The average molecular weight is 438 g/mol. The first-order valence-electron chi connectivity index (χ1n) is 10.0. The van der Waals surface area contributed by atoms with E-state index >= 15 is 0 Å². The topological polar surface area (TPSA) is 104 Å². The minimum atomic E-state index is 0.334. The summed E-state index contributed by atoms with van der Waals surface area (Å²) in [6, 6.07) is 7.75. The number of hydrogen-bond acceptors (Lipinski definition) is 6. The van der Waals surface area contributed by atoms with Crippen molar-refractivity contribution in [3.63, 3.8) is 0 Å². The van der Waals surface area contributed by atoms with E-state index in [0.717, 1.165) is 46.6 Å². The fourth-order valence-corrected chi connectivity index (χ4v) is 3.74. The Kier molecular flexibility index (Phi) is 6.39. The van der Waals surface area contributed by atoms with Crippen molar-refractivity contribution < 1.29 is 4.74 Å². The van der Waals surface area contributed by atoms with Gasteiger partial charge in [-0.25, -0.2) is 9.97 Å². The molecule has 0 unspecified atom stereocenters. The number of fused-ring (bicyclic) bond motifs is 3. The summed E-state index contributed by atoms with van der Waals surface area (Å²) >= 11 is 6.08. The Labute approximate surface area is 185 Å². The van der Waals surface area contributed by atoms with Gasteiger partial charge in [-0.2, -0.15) is 10.1 Å². The van der Waals surface area contributed by atoms with Crippen molar-refractivity contribution in [2.45, 2.75) is 19.3 Å². The van der Waals surface area contributed by atoms with Crippen molar-refractivity contribution >= 4 is 29.6 Å². The molecule has 9 heteroatoms. The Morgan fingerprint density at radius 3 is 2.87 bits per heavy atom. The molecule has 0 atom stereocenters. The largest absolute Gasteiger partial charge is 0.387 e. The number of aromatic nitrogens is 4. The molecule has 2 N–H and O–H groups in total. The van der Waals surface area contributed by atoms with E-state index < -0.39 is 0 Å². The molecule has 1 aliphatic carbocycles. The van der Waals surface area contributed by atoms with Gasteiger partial charge in [0.1, 0.15) is 5.84 Å². The molecule has 0 amide bonds. The number of aliphatic imine (C=N–C) groups is 2. The lowest BCUT2D eigenvalue weighted by molar-refractivity contribution is 0.208. The lowest BCUT2D eigenvalue weighted by atomic mass is 9.91. The van der Waals surface area contributed by atoms with Gasteiger partial charge in [-0.3, -0.25) is 9.67 Å². The molecule has 0 saturated carbocycles. The van der Waals surface area contributed by atoms with Gasteiger partial charge >= 0.3 is 0 Å². The van der Waals surface area contributed by atoms with Crippen LogP contribution in [-0.4, -0.2) is 52.1 Å². The molecule has 1 aliphatic rings. The third-order valence-corrected chi connectivity index (χ3v) is 5.31. The van der Waals surface area contributed by atoms with E-state index in [9.17, 15) is 0 Å². The lowest BCUT2D eigenvalue weighted by Crippen LogP contribution is -2.12. The van der Waals surface area contributed by atoms with Crippen molar-refractivity contribution in [2.75, 3.05) is 20.3 Å². The number of rotatable bonds is 7. The van der Waals surface area contributed by atoms with Gasteiger partial charge in [-0.15, -0.1) is 0 Å². The highest BCUT2D eigenvalue weighted by atomic mass is 35.5. The van der Waals surface area contributed by atoms with Gasteiger partial charge < -0.3 is 10.5 Å². The van der Waals surface area contributed by atoms with Crippen molar-refractivity contribution in [1.82, 2.24) is 19.7 Å². The van der Waals surface area contributed by atoms with Crippen molar-refractivity contribution in [1.29, 1.82) is 0 Å². The fourth-order valence-electron chi connectivity index (χ4n) is 3.61. The highest BCUT2D eigenvalue weighted by Gasteiger charge is 2.27. The molecule has 1 aromatic carbocycles. The Morgan fingerprint density at radius 1 is 1.29 bits per heavy atom. The fraction of sp³-hybridized carbons (Fsp3) is 0.318. The second-order valence-corrected chi connectivity index (χ2v) is 7.67. The molecule has 2 aromatic heterocycles. The van der Waals surface area contributed by atoms with Crippen LogP contribution in [0.25, 0.3) is 22.5 Å². The average Bonchev–Trinajstić information content (AvgIpc) is 3.10. The predicted molar refractivity (Wildman–Crippen MR) is 123 cm³/mol. The van der Waals surface area contributed by atoms with Crippen LogP contribution in [0.3, 0.4) is 0 Å². The van der Waals surface area contributed by atoms with Crippen LogP contribution in [0, 0.1) is 0 Å². The van der Waals surface area contributed by atoms with Crippen molar-refractivity contribution in [3.8, 4) is 22.5 Å². The van der Waals surface area contributed by atoms with E-state index in [-0.39, 0.29) is 0 Å². The van der Waals surface area contributed by atoms with Gasteiger partial charge in [0.2, 0.25) is 0 Å². The summed E-state index contributed by atoms with van der Waals surface area (Å²) in [5, 5.41) is 5.43. The summed E-state index contributed by atoms with van der Waals surface area (Å²) in [5.74, 6) is 0.738. The first-order chi connectivity index (χ1) is 15.1. The second-order valence-electron chi connectivity index (χ2n) is 7.23. The normalized spacial score (nSPS) is 13.5. The highest BCUT2D eigenvalue weighted by molar-refractivity contribution is 6.30. The zero-order chi connectivity index (χ0) is 21.8. The number of aryl methyl sites for hydroxylation is 3. The van der Waals surface area contributed by atoms with Gasteiger partial charge in [-0.1, -0.05) is 23.7 Å². The third kappa shape index (κ3) is 4.65. The van der Waals surface area contributed by atoms with Crippen molar-refractivity contribution in [2.24, 2.45) is 22.8 Å². The molecule has 31 heavy (non-hydrogen) atoms. The zero-order valence-corrected chi connectivity index (χ0v) is 18.3. The van der Waals surface area contributed by atoms with E-state index in [1.807, 2.05) is 42.2 Å². The number of halogens is 1. The standard InChI is InChI=1S/C22H24ClN7O/c1-30-21(14-3-6-16(23)7-4-14)19-17(29-30)8-5-15-13-26-22(28-20(15)19)27-18(24)9-10-25-11-12-31-2/h3-4,6-7,10,13H,5,8-9,11-12H2,1-2H3,(H2,24,26,27,28). The molecular formula is C22H24ClN7O. The molecule has 3 aromatic rings. The van der Waals surface area contributed by atoms with Crippen LogP contribution in [0.4, 0.5) is 5.95 Å². The summed E-state index contributed by atoms with van der Waals surface area (Å²) in [5.41, 5.74) is 12.1. The molecule has 8 nitrogen and oxygen atoms in total. The summed E-state index contributed by atoms with van der Waals surface area (Å²) < 4.78 is 6.87. The van der Waals surface area contributed by atoms with Gasteiger partial charge in [0.05, 0.1) is 30.2 Å². The van der Waals surface area contributed by atoms with Gasteiger partial charge in [-0.05, 0) is 30.5 Å². The molecule has 0 spiro atoms. The maximum Gasteiger partial charge on any atom is 0.251 e. The van der Waals surface area contributed by atoms with E-state index in [1.54, 1.807) is 13.3 Å². The molecule has 0 saturated heterocycles. The number of nitrogens with two attached hydrogens (primary N) is 1. The molecule has 0 radical (unpaired) electrons. The highest BCUT2D eigenvalue weighted by Crippen LogP contribution is 2.39. The summed E-state index contributed by atoms with van der Waals surface area (Å²) in [4.78, 5) is 17.8. The summed E-state index contributed by atoms with van der Waals surface area (Å²) in [7, 11) is 3.59. The van der Waals surface area contributed by atoms with Crippen LogP contribution in [-0.2, 0) is 24.6 Å². The zero-order valence-electron chi connectivity index (χ0n) is 17.5. The molecule has 0 fully saturated rings. The number of benzene rings is 1. The molecule has 4 rings (SSSR count). The maximum absolute atomic E-state index is 6.08.